The van der Waals surface area contributed by atoms with Crippen LogP contribution in [0.25, 0.3) is 0 Å². The highest BCUT2D eigenvalue weighted by atomic mass is 16.6. The van der Waals surface area contributed by atoms with Crippen molar-refractivity contribution in [1.82, 2.24) is 4.90 Å². The third-order valence-corrected chi connectivity index (χ3v) is 2.92. The first-order valence-corrected chi connectivity index (χ1v) is 5.92. The summed E-state index contributed by atoms with van der Waals surface area (Å²) < 4.78 is 0. The Bertz CT molecular complexity index is 506. The second kappa shape index (κ2) is 5.47. The molecule has 19 heavy (non-hydrogen) atoms. The van der Waals surface area contributed by atoms with Crippen LogP contribution in [0.5, 0.6) is 0 Å². The number of nitrogens with one attached hydrogen (secondary N) is 1. The van der Waals surface area contributed by atoms with Crippen LogP contribution in [0.4, 0.5) is 11.4 Å². The molecular formula is C12H13N3O4. The lowest BCUT2D eigenvalue weighted by atomic mass is 10.3. The summed E-state index contributed by atoms with van der Waals surface area (Å²) in [6, 6.07) is 5.34. The highest BCUT2D eigenvalue weighted by Gasteiger charge is 2.24. The van der Waals surface area contributed by atoms with Crippen LogP contribution in [-0.4, -0.2) is 34.7 Å². The van der Waals surface area contributed by atoms with Crippen LogP contribution in [-0.2, 0) is 9.59 Å². The Morgan fingerprint density at radius 1 is 1.16 bits per heavy atom. The number of hydrogen-bond acceptors (Lipinski definition) is 4. The minimum absolute atomic E-state index is 0.0659. The van der Waals surface area contributed by atoms with E-state index in [-0.39, 0.29) is 5.69 Å². The van der Waals surface area contributed by atoms with Crippen molar-refractivity contribution in [3.05, 3.63) is 34.4 Å². The molecule has 0 aliphatic carbocycles. The number of carbonyl (C=O) groups is 2. The molecule has 2 rings (SSSR count). The molecule has 1 N–H and O–H groups in total. The summed E-state index contributed by atoms with van der Waals surface area (Å²) in [7, 11) is 0. The smallest absolute Gasteiger partial charge is 0.313 e. The molecule has 1 aliphatic rings. The van der Waals surface area contributed by atoms with Gasteiger partial charge in [-0.25, -0.2) is 0 Å². The van der Waals surface area contributed by atoms with Crippen molar-refractivity contribution in [2.45, 2.75) is 12.8 Å². The summed E-state index contributed by atoms with van der Waals surface area (Å²) in [5.74, 6) is -1.27. The van der Waals surface area contributed by atoms with Gasteiger partial charge in [0.05, 0.1) is 4.92 Å². The highest BCUT2D eigenvalue weighted by Crippen LogP contribution is 2.16. The van der Waals surface area contributed by atoms with Gasteiger partial charge in [-0.3, -0.25) is 19.7 Å². The molecule has 7 heteroatoms. The van der Waals surface area contributed by atoms with E-state index in [0.29, 0.717) is 18.8 Å². The average Bonchev–Trinajstić information content (AvgIpc) is 2.92. The predicted octanol–water partition coefficient (Wildman–Crippen LogP) is 1.16. The molecule has 1 aromatic rings. The molecule has 0 unspecified atom stereocenters. The molecule has 2 amide bonds. The van der Waals surface area contributed by atoms with Gasteiger partial charge in [0.15, 0.2) is 0 Å². The number of anilines is 1. The van der Waals surface area contributed by atoms with Gasteiger partial charge in [-0.2, -0.15) is 0 Å². The molecule has 1 aliphatic heterocycles. The van der Waals surface area contributed by atoms with E-state index in [0.717, 1.165) is 12.8 Å². The maximum atomic E-state index is 11.7. The highest BCUT2D eigenvalue weighted by molar-refractivity contribution is 6.39. The molecular weight excluding hydrogens is 250 g/mol. The molecule has 0 spiro atoms. The van der Waals surface area contributed by atoms with Crippen molar-refractivity contribution in [3.8, 4) is 0 Å². The lowest BCUT2D eigenvalue weighted by molar-refractivity contribution is -0.384. The molecule has 7 nitrogen and oxygen atoms in total. The van der Waals surface area contributed by atoms with E-state index in [2.05, 4.69) is 5.32 Å². The number of nitro benzene ring substituents is 1. The van der Waals surface area contributed by atoms with Gasteiger partial charge >= 0.3 is 11.8 Å². The SMILES string of the molecule is O=C(Nc1ccc([N+](=O)[O-])cc1)C(=O)N1CCCC1. The summed E-state index contributed by atoms with van der Waals surface area (Å²) in [4.78, 5) is 34.9. The number of nitrogens with zero attached hydrogens (tertiary/aromatic N) is 2. The van der Waals surface area contributed by atoms with Gasteiger partial charge in [0.25, 0.3) is 5.69 Å². The fourth-order valence-corrected chi connectivity index (χ4v) is 1.91. The van der Waals surface area contributed by atoms with Gasteiger partial charge < -0.3 is 10.2 Å². The van der Waals surface area contributed by atoms with Crippen molar-refractivity contribution in [3.63, 3.8) is 0 Å². The van der Waals surface area contributed by atoms with Crippen molar-refractivity contribution >= 4 is 23.2 Å². The van der Waals surface area contributed by atoms with Crippen molar-refractivity contribution < 1.29 is 14.5 Å². The van der Waals surface area contributed by atoms with Crippen LogP contribution in [0.3, 0.4) is 0 Å². The first kappa shape index (κ1) is 13.0. The summed E-state index contributed by atoms with van der Waals surface area (Å²) in [5.41, 5.74) is 0.298. The first-order valence-electron chi connectivity index (χ1n) is 5.92. The van der Waals surface area contributed by atoms with Crippen LogP contribution in [0.1, 0.15) is 12.8 Å². The topological polar surface area (TPSA) is 92.5 Å². The largest absolute Gasteiger partial charge is 0.334 e. The zero-order chi connectivity index (χ0) is 13.8. The quantitative estimate of drug-likeness (QED) is 0.492. The van der Waals surface area contributed by atoms with E-state index in [1.807, 2.05) is 0 Å². The van der Waals surface area contributed by atoms with Crippen molar-refractivity contribution in [2.24, 2.45) is 0 Å². The third-order valence-electron chi connectivity index (χ3n) is 2.92. The maximum Gasteiger partial charge on any atom is 0.313 e. The minimum Gasteiger partial charge on any atom is -0.334 e. The number of carbonyl (C=O) groups excluding carboxylic acids is 2. The minimum atomic E-state index is -0.712. The Morgan fingerprint density at radius 2 is 1.74 bits per heavy atom. The number of rotatable bonds is 2. The normalized spacial score (nSPS) is 14.2. The summed E-state index contributed by atoms with van der Waals surface area (Å²) in [6.45, 7) is 1.21. The van der Waals surface area contributed by atoms with Crippen LogP contribution in [0.2, 0.25) is 0 Å². The number of non-ortho nitro benzene ring substituents is 1. The van der Waals surface area contributed by atoms with Gasteiger partial charge in [0.2, 0.25) is 0 Å². The second-order valence-electron chi connectivity index (χ2n) is 4.26. The van der Waals surface area contributed by atoms with E-state index in [1.165, 1.54) is 29.2 Å². The maximum absolute atomic E-state index is 11.7. The standard InChI is InChI=1S/C12H13N3O4/c16-11(12(17)14-7-1-2-8-14)13-9-3-5-10(6-4-9)15(18)19/h3-6H,1-2,7-8H2,(H,13,16). The Labute approximate surface area is 109 Å². The predicted molar refractivity (Wildman–Crippen MR) is 67.5 cm³/mol. The summed E-state index contributed by atoms with van der Waals surface area (Å²) in [5, 5.41) is 12.9. The van der Waals surface area contributed by atoms with Gasteiger partial charge in [0, 0.05) is 30.9 Å². The monoisotopic (exact) mass is 263 g/mol. The molecule has 0 saturated carbocycles. The average molecular weight is 263 g/mol. The molecule has 0 aromatic heterocycles. The molecule has 0 radical (unpaired) electrons. The van der Waals surface area contributed by atoms with Gasteiger partial charge in [0.1, 0.15) is 0 Å². The van der Waals surface area contributed by atoms with Crippen LogP contribution < -0.4 is 5.32 Å². The molecule has 1 heterocycles. The Kier molecular flexibility index (Phi) is 3.74. The van der Waals surface area contributed by atoms with E-state index in [1.54, 1.807) is 0 Å². The van der Waals surface area contributed by atoms with Gasteiger partial charge in [-0.05, 0) is 25.0 Å². The zero-order valence-corrected chi connectivity index (χ0v) is 10.2. The van der Waals surface area contributed by atoms with Crippen LogP contribution in [0, 0.1) is 10.1 Å². The zero-order valence-electron chi connectivity index (χ0n) is 10.2. The lowest BCUT2D eigenvalue weighted by Gasteiger charge is -2.14. The lowest BCUT2D eigenvalue weighted by Crippen LogP contribution is -2.37. The first-order chi connectivity index (χ1) is 9.08. The molecule has 100 valence electrons. The number of amides is 2. The number of hydrogen-bond donors (Lipinski definition) is 1. The Hall–Kier alpha value is -2.44. The molecule has 1 aromatic carbocycles. The summed E-state index contributed by atoms with van der Waals surface area (Å²) >= 11 is 0. The molecule has 0 bridgehead atoms. The molecule has 0 atom stereocenters. The number of benzene rings is 1. The third kappa shape index (κ3) is 3.06. The Balaban J connectivity index is 1.98. The van der Waals surface area contributed by atoms with Gasteiger partial charge in [-0.15, -0.1) is 0 Å². The molecule has 1 saturated heterocycles. The number of likely N-dealkylation sites (tertiary alicyclic amines) is 1. The van der Waals surface area contributed by atoms with Crippen molar-refractivity contribution in [1.29, 1.82) is 0 Å². The Morgan fingerprint density at radius 3 is 2.26 bits per heavy atom. The fraction of sp³-hybridized carbons (Fsp3) is 0.333. The number of nitro groups is 1. The second-order valence-corrected chi connectivity index (χ2v) is 4.26. The van der Waals surface area contributed by atoms with E-state index in [9.17, 15) is 19.7 Å². The van der Waals surface area contributed by atoms with Crippen LogP contribution in [0.15, 0.2) is 24.3 Å². The van der Waals surface area contributed by atoms with E-state index >= 15 is 0 Å². The van der Waals surface area contributed by atoms with Crippen molar-refractivity contribution in [2.75, 3.05) is 18.4 Å². The van der Waals surface area contributed by atoms with E-state index < -0.39 is 16.7 Å². The van der Waals surface area contributed by atoms with Crippen LogP contribution >= 0.6 is 0 Å². The van der Waals surface area contributed by atoms with E-state index in [4.69, 9.17) is 0 Å². The fourth-order valence-electron chi connectivity index (χ4n) is 1.91. The summed E-state index contributed by atoms with van der Waals surface area (Å²) in [6.07, 6.45) is 1.83. The molecule has 1 fully saturated rings. The van der Waals surface area contributed by atoms with Gasteiger partial charge in [-0.1, -0.05) is 0 Å².